The Hall–Kier alpha value is -1.21. The number of hydrogen-bond donors (Lipinski definition) is 5. The molecule has 5 N–H and O–H groups in total. The maximum Gasteiger partial charge on any atom is 0.249 e. The van der Waals surface area contributed by atoms with Crippen molar-refractivity contribution < 1.29 is 25.2 Å². The van der Waals surface area contributed by atoms with Crippen LogP contribution in [-0.4, -0.2) is 57.3 Å². The van der Waals surface area contributed by atoms with E-state index in [0.29, 0.717) is 19.3 Å². The molecule has 0 bridgehead atoms. The third kappa shape index (κ3) is 27.1. The molecule has 4 unspecified atom stereocenters. The van der Waals surface area contributed by atoms with Crippen LogP contribution in [0.5, 0.6) is 0 Å². The van der Waals surface area contributed by atoms with Crippen molar-refractivity contribution in [3.05, 3.63) is 24.3 Å². The SMILES string of the molecule is CCCCCC/C=C/CC/C=C/CCCC(O)C(O)C(CO)NC(=O)C(O)CCCCCCCCCCCCCCCCC. The van der Waals surface area contributed by atoms with Gasteiger partial charge in [0.1, 0.15) is 12.2 Å². The molecule has 0 spiro atoms. The van der Waals surface area contributed by atoms with Crippen LogP contribution in [0.3, 0.4) is 0 Å². The summed E-state index contributed by atoms with van der Waals surface area (Å²) in [5, 5.41) is 43.4. The third-order valence-corrected chi connectivity index (χ3v) is 8.64. The molecule has 6 heteroatoms. The number of amides is 1. The quantitative estimate of drug-likeness (QED) is 0.0371. The molecule has 0 fully saturated rings. The largest absolute Gasteiger partial charge is 0.394 e. The molecular formula is C38H73NO5. The van der Waals surface area contributed by atoms with Crippen LogP contribution < -0.4 is 5.32 Å². The first-order chi connectivity index (χ1) is 21.5. The van der Waals surface area contributed by atoms with E-state index in [-0.39, 0.29) is 0 Å². The van der Waals surface area contributed by atoms with Gasteiger partial charge in [-0.25, -0.2) is 0 Å². The molecule has 0 aliphatic heterocycles. The Balaban J connectivity index is 3.87. The predicted molar refractivity (Wildman–Crippen MR) is 187 cm³/mol. The average molecular weight is 624 g/mol. The van der Waals surface area contributed by atoms with Crippen LogP contribution in [0.4, 0.5) is 0 Å². The molecule has 0 aliphatic rings. The van der Waals surface area contributed by atoms with Crippen LogP contribution in [0.2, 0.25) is 0 Å². The van der Waals surface area contributed by atoms with Gasteiger partial charge in [0.15, 0.2) is 0 Å². The summed E-state index contributed by atoms with van der Waals surface area (Å²) >= 11 is 0. The van der Waals surface area contributed by atoms with Gasteiger partial charge >= 0.3 is 0 Å². The number of allylic oxidation sites excluding steroid dienone is 4. The summed E-state index contributed by atoms with van der Waals surface area (Å²) in [6.45, 7) is 3.99. The summed E-state index contributed by atoms with van der Waals surface area (Å²) in [5.74, 6) is -0.599. The molecule has 0 radical (unpaired) electrons. The summed E-state index contributed by atoms with van der Waals surface area (Å²) in [6.07, 6.45) is 34.8. The normalized spacial score (nSPS) is 14.8. The van der Waals surface area contributed by atoms with Gasteiger partial charge in [0.25, 0.3) is 0 Å². The van der Waals surface area contributed by atoms with E-state index in [2.05, 4.69) is 43.5 Å². The number of rotatable bonds is 33. The van der Waals surface area contributed by atoms with Crippen LogP contribution in [0.15, 0.2) is 24.3 Å². The van der Waals surface area contributed by atoms with Gasteiger partial charge in [0.2, 0.25) is 5.91 Å². The molecule has 6 nitrogen and oxygen atoms in total. The molecule has 0 saturated heterocycles. The van der Waals surface area contributed by atoms with Gasteiger partial charge in [-0.2, -0.15) is 0 Å². The lowest BCUT2D eigenvalue weighted by atomic mass is 10.00. The van der Waals surface area contributed by atoms with E-state index in [1.807, 2.05) is 0 Å². The fraction of sp³-hybridized carbons (Fsp3) is 0.868. The van der Waals surface area contributed by atoms with Gasteiger partial charge in [-0.3, -0.25) is 4.79 Å². The lowest BCUT2D eigenvalue weighted by molar-refractivity contribution is -0.132. The second-order valence-electron chi connectivity index (χ2n) is 12.9. The Morgan fingerprint density at radius 1 is 0.545 bits per heavy atom. The molecule has 44 heavy (non-hydrogen) atoms. The highest BCUT2D eigenvalue weighted by Gasteiger charge is 2.28. The first-order valence-electron chi connectivity index (χ1n) is 18.7. The van der Waals surface area contributed by atoms with Crippen molar-refractivity contribution in [3.63, 3.8) is 0 Å². The van der Waals surface area contributed by atoms with E-state index < -0.39 is 36.9 Å². The van der Waals surface area contributed by atoms with Gasteiger partial charge in [-0.1, -0.05) is 154 Å². The van der Waals surface area contributed by atoms with Crippen molar-refractivity contribution in [2.24, 2.45) is 0 Å². The maximum atomic E-state index is 12.4. The van der Waals surface area contributed by atoms with Crippen LogP contribution >= 0.6 is 0 Å². The molecule has 260 valence electrons. The zero-order chi connectivity index (χ0) is 32.5. The van der Waals surface area contributed by atoms with E-state index in [9.17, 15) is 25.2 Å². The fourth-order valence-corrected chi connectivity index (χ4v) is 5.59. The number of nitrogens with one attached hydrogen (secondary N) is 1. The van der Waals surface area contributed by atoms with E-state index in [1.54, 1.807) is 0 Å². The zero-order valence-corrected chi connectivity index (χ0v) is 28.9. The van der Waals surface area contributed by atoms with Crippen LogP contribution in [0.25, 0.3) is 0 Å². The topological polar surface area (TPSA) is 110 Å². The molecule has 0 aromatic carbocycles. The Kier molecular flexibility index (Phi) is 32.2. The molecule has 0 heterocycles. The van der Waals surface area contributed by atoms with Crippen molar-refractivity contribution >= 4 is 5.91 Å². The Morgan fingerprint density at radius 3 is 1.43 bits per heavy atom. The summed E-state index contributed by atoms with van der Waals surface area (Å²) in [4.78, 5) is 12.4. The third-order valence-electron chi connectivity index (χ3n) is 8.64. The minimum Gasteiger partial charge on any atom is -0.394 e. The number of carbonyl (C=O) groups excluding carboxylic acids is 1. The van der Waals surface area contributed by atoms with Crippen molar-refractivity contribution in [1.82, 2.24) is 5.32 Å². The molecule has 0 aromatic heterocycles. The van der Waals surface area contributed by atoms with Gasteiger partial charge in [0.05, 0.1) is 18.8 Å². The molecule has 1 amide bonds. The Labute approximate surface area is 272 Å². The number of hydrogen-bond acceptors (Lipinski definition) is 5. The standard InChI is InChI=1S/C38H73NO5/c1-3-5-7-9-11-13-15-17-18-20-22-24-26-28-30-32-36(42)38(44)39-34(33-40)37(43)35(41)31-29-27-25-23-21-19-16-14-12-10-8-6-4-2/h14,16,23,25,34-37,40-43H,3-13,15,17-22,24,26-33H2,1-2H3,(H,39,44)/b16-14+,25-23+. The van der Waals surface area contributed by atoms with E-state index in [1.165, 1.54) is 103 Å². The summed E-state index contributed by atoms with van der Waals surface area (Å²) in [7, 11) is 0. The highest BCUT2D eigenvalue weighted by molar-refractivity contribution is 5.80. The van der Waals surface area contributed by atoms with E-state index >= 15 is 0 Å². The number of aliphatic hydroxyl groups excluding tert-OH is 4. The Morgan fingerprint density at radius 2 is 0.955 bits per heavy atom. The molecule has 0 aromatic rings. The average Bonchev–Trinajstić information content (AvgIpc) is 3.03. The first kappa shape index (κ1) is 42.8. The monoisotopic (exact) mass is 624 g/mol. The van der Waals surface area contributed by atoms with Crippen LogP contribution in [-0.2, 0) is 4.79 Å². The van der Waals surface area contributed by atoms with Crippen molar-refractivity contribution in [2.75, 3.05) is 6.61 Å². The molecule has 0 saturated carbocycles. The van der Waals surface area contributed by atoms with Gasteiger partial charge < -0.3 is 25.7 Å². The fourth-order valence-electron chi connectivity index (χ4n) is 5.59. The smallest absolute Gasteiger partial charge is 0.249 e. The van der Waals surface area contributed by atoms with Crippen LogP contribution in [0.1, 0.15) is 181 Å². The number of carbonyl (C=O) groups is 1. The molecular weight excluding hydrogens is 550 g/mol. The highest BCUT2D eigenvalue weighted by atomic mass is 16.3. The lowest BCUT2D eigenvalue weighted by Crippen LogP contribution is -2.53. The summed E-state index contributed by atoms with van der Waals surface area (Å²) < 4.78 is 0. The van der Waals surface area contributed by atoms with Gasteiger partial charge in [-0.15, -0.1) is 0 Å². The second-order valence-corrected chi connectivity index (χ2v) is 12.9. The lowest BCUT2D eigenvalue weighted by Gasteiger charge is -2.27. The number of aliphatic hydroxyl groups is 4. The van der Waals surface area contributed by atoms with Crippen molar-refractivity contribution in [3.8, 4) is 0 Å². The highest BCUT2D eigenvalue weighted by Crippen LogP contribution is 2.15. The first-order valence-corrected chi connectivity index (χ1v) is 18.7. The van der Waals surface area contributed by atoms with E-state index in [4.69, 9.17) is 0 Å². The minimum atomic E-state index is -1.28. The van der Waals surface area contributed by atoms with Crippen LogP contribution in [0, 0.1) is 0 Å². The Bertz CT molecular complexity index is 668. The zero-order valence-electron chi connectivity index (χ0n) is 28.9. The molecule has 0 aliphatic carbocycles. The number of unbranched alkanes of at least 4 members (excludes halogenated alkanes) is 20. The maximum absolute atomic E-state index is 12.4. The minimum absolute atomic E-state index is 0.363. The van der Waals surface area contributed by atoms with E-state index in [0.717, 1.165) is 44.9 Å². The molecule has 4 atom stereocenters. The van der Waals surface area contributed by atoms with Crippen molar-refractivity contribution in [2.45, 2.75) is 205 Å². The van der Waals surface area contributed by atoms with Crippen molar-refractivity contribution in [1.29, 1.82) is 0 Å². The van der Waals surface area contributed by atoms with Gasteiger partial charge in [0, 0.05) is 0 Å². The summed E-state index contributed by atoms with van der Waals surface area (Å²) in [5.41, 5.74) is 0. The second kappa shape index (κ2) is 33.2. The summed E-state index contributed by atoms with van der Waals surface area (Å²) in [6, 6.07) is -1.00. The van der Waals surface area contributed by atoms with Gasteiger partial charge in [-0.05, 0) is 51.4 Å². The predicted octanol–water partition coefficient (Wildman–Crippen LogP) is 8.84. The molecule has 0 rings (SSSR count).